The van der Waals surface area contributed by atoms with Crippen molar-refractivity contribution in [1.29, 1.82) is 0 Å². The summed E-state index contributed by atoms with van der Waals surface area (Å²) in [6, 6.07) is 0. The van der Waals surface area contributed by atoms with Crippen LogP contribution in [0, 0.1) is 11.8 Å². The molecule has 16 heavy (non-hydrogen) atoms. The Balaban J connectivity index is 1.71. The molecule has 4 nitrogen and oxygen atoms in total. The Kier molecular flexibility index (Phi) is 4.14. The molecule has 94 valence electrons. The number of rotatable bonds is 4. The summed E-state index contributed by atoms with van der Waals surface area (Å²) in [5, 5.41) is 0. The van der Waals surface area contributed by atoms with E-state index < -0.39 is 9.84 Å². The van der Waals surface area contributed by atoms with Crippen LogP contribution in [0.3, 0.4) is 0 Å². The summed E-state index contributed by atoms with van der Waals surface area (Å²) < 4.78 is 24.4. The highest BCUT2D eigenvalue weighted by atomic mass is 127. The Hall–Kier alpha value is 0.600. The normalized spacial score (nSPS) is 32.1. The van der Waals surface area contributed by atoms with Crippen molar-refractivity contribution in [2.45, 2.75) is 6.42 Å². The highest BCUT2D eigenvalue weighted by Crippen LogP contribution is 2.32. The maximum absolute atomic E-state index is 11.0. The minimum atomic E-state index is -2.78. The van der Waals surface area contributed by atoms with Crippen LogP contribution in [0.5, 0.6) is 0 Å². The monoisotopic (exact) mass is 358 g/mol. The topological polar surface area (TPSA) is 40.6 Å². The van der Waals surface area contributed by atoms with Crippen LogP contribution < -0.4 is 0 Å². The van der Waals surface area contributed by atoms with Crippen LogP contribution in [0.4, 0.5) is 0 Å². The molecule has 2 rings (SSSR count). The van der Waals surface area contributed by atoms with E-state index in [0.29, 0.717) is 5.75 Å². The summed E-state index contributed by atoms with van der Waals surface area (Å²) in [6.07, 6.45) is 2.10. The number of likely N-dealkylation sites (tertiary alicyclic amines) is 1. The number of halogens is 1. The molecule has 2 atom stereocenters. The van der Waals surface area contributed by atoms with Gasteiger partial charge in [0.15, 0.2) is 0 Å². The second-order valence-corrected chi connectivity index (χ2v) is 8.72. The molecule has 2 fully saturated rings. The van der Waals surface area contributed by atoms with E-state index in [1.165, 1.54) is 19.3 Å². The Bertz CT molecular complexity index is 333. The first-order chi connectivity index (χ1) is 7.44. The predicted octanol–water partition coefficient (Wildman–Crippen LogP) is 0.635. The number of nitrogens with zero attached hydrogens (tertiary/aromatic N) is 2. The van der Waals surface area contributed by atoms with Gasteiger partial charge in [-0.15, -0.1) is 0 Å². The van der Waals surface area contributed by atoms with Gasteiger partial charge < -0.3 is 4.90 Å². The predicted molar refractivity (Wildman–Crippen MR) is 73.3 cm³/mol. The van der Waals surface area contributed by atoms with Crippen molar-refractivity contribution in [1.82, 2.24) is 8.01 Å². The smallest absolute Gasteiger partial charge is 0.147 e. The summed E-state index contributed by atoms with van der Waals surface area (Å²) >= 11 is 2.40. The third-order valence-corrected chi connectivity index (χ3v) is 5.32. The molecule has 0 radical (unpaired) electrons. The molecule has 0 aromatic rings. The third-order valence-electron chi connectivity index (χ3n) is 3.51. The maximum atomic E-state index is 11.0. The summed E-state index contributed by atoms with van der Waals surface area (Å²) in [6.45, 7) is 5.67. The quantitative estimate of drug-likeness (QED) is 0.546. The molecular weight excluding hydrogens is 339 g/mol. The Morgan fingerprint density at radius 1 is 1.19 bits per heavy atom. The van der Waals surface area contributed by atoms with E-state index in [1.807, 2.05) is 0 Å². The van der Waals surface area contributed by atoms with Crippen molar-refractivity contribution < 1.29 is 8.42 Å². The zero-order valence-corrected chi connectivity index (χ0v) is 12.6. The van der Waals surface area contributed by atoms with Crippen LogP contribution in [0.25, 0.3) is 0 Å². The molecule has 2 heterocycles. The van der Waals surface area contributed by atoms with Crippen molar-refractivity contribution >= 4 is 32.7 Å². The summed E-state index contributed by atoms with van der Waals surface area (Å²) in [5.74, 6) is 1.96. The van der Waals surface area contributed by atoms with Gasteiger partial charge in [-0.25, -0.2) is 11.5 Å². The molecule has 6 heteroatoms. The maximum Gasteiger partial charge on any atom is 0.147 e. The molecule has 0 spiro atoms. The van der Waals surface area contributed by atoms with Gasteiger partial charge in [0.1, 0.15) is 9.84 Å². The molecule has 2 aliphatic heterocycles. The Morgan fingerprint density at radius 2 is 1.75 bits per heavy atom. The third kappa shape index (κ3) is 3.54. The van der Waals surface area contributed by atoms with Gasteiger partial charge in [0.25, 0.3) is 0 Å². The minimum Gasteiger partial charge on any atom is -0.303 e. The van der Waals surface area contributed by atoms with Crippen LogP contribution in [-0.4, -0.2) is 61.2 Å². The summed E-state index contributed by atoms with van der Waals surface area (Å²) in [7, 11) is -2.78. The second kappa shape index (κ2) is 5.07. The number of hydrogen-bond donors (Lipinski definition) is 0. The van der Waals surface area contributed by atoms with Crippen LogP contribution in [-0.2, 0) is 9.84 Å². The van der Waals surface area contributed by atoms with Gasteiger partial charge in [0.2, 0.25) is 0 Å². The van der Waals surface area contributed by atoms with E-state index in [1.54, 1.807) is 0 Å². The molecule has 0 saturated carbocycles. The molecule has 2 aliphatic rings. The average molecular weight is 358 g/mol. The lowest BCUT2D eigenvalue weighted by Gasteiger charge is -2.17. The van der Waals surface area contributed by atoms with Crippen molar-refractivity contribution in [3.05, 3.63) is 0 Å². The van der Waals surface area contributed by atoms with Crippen molar-refractivity contribution in [2.24, 2.45) is 11.8 Å². The molecule has 0 aromatic carbocycles. The second-order valence-electron chi connectivity index (χ2n) is 5.09. The van der Waals surface area contributed by atoms with Gasteiger partial charge in [-0.05, 0) is 24.8 Å². The van der Waals surface area contributed by atoms with E-state index in [4.69, 9.17) is 0 Å². The number of sulfone groups is 1. The molecule has 0 unspecified atom stereocenters. The fourth-order valence-electron chi connectivity index (χ4n) is 2.77. The van der Waals surface area contributed by atoms with Gasteiger partial charge >= 0.3 is 0 Å². The van der Waals surface area contributed by atoms with E-state index in [0.717, 1.165) is 37.9 Å². The van der Waals surface area contributed by atoms with Gasteiger partial charge in [0, 0.05) is 55.3 Å². The van der Waals surface area contributed by atoms with Crippen molar-refractivity contribution in [2.75, 3.05) is 44.7 Å². The van der Waals surface area contributed by atoms with Crippen molar-refractivity contribution in [3.8, 4) is 0 Å². The summed E-state index contributed by atoms with van der Waals surface area (Å²) in [5.41, 5.74) is 0. The van der Waals surface area contributed by atoms with Gasteiger partial charge in [-0.2, -0.15) is 0 Å². The van der Waals surface area contributed by atoms with Gasteiger partial charge in [-0.1, -0.05) is 0 Å². The number of fused-ring (bicyclic) bond motifs is 1. The van der Waals surface area contributed by atoms with E-state index in [-0.39, 0.29) is 0 Å². The first-order valence-electron chi connectivity index (χ1n) is 5.75. The van der Waals surface area contributed by atoms with E-state index in [9.17, 15) is 8.42 Å². The lowest BCUT2D eigenvalue weighted by molar-refractivity contribution is 0.305. The Morgan fingerprint density at radius 3 is 2.25 bits per heavy atom. The standard InChI is InChI=1S/C10H19IN2O2S/c1-16(14,15)4-2-3-12-5-9-7-13(11)8-10(9)6-12/h9-10H,2-8H2,1H3/t9-,10+. The van der Waals surface area contributed by atoms with Crippen LogP contribution in [0.1, 0.15) is 6.42 Å². The zero-order chi connectivity index (χ0) is 11.8. The molecular formula is C10H19IN2O2S. The summed E-state index contributed by atoms with van der Waals surface area (Å²) in [4.78, 5) is 2.43. The van der Waals surface area contributed by atoms with E-state index >= 15 is 0 Å². The lowest BCUT2D eigenvalue weighted by atomic mass is 10.0. The highest BCUT2D eigenvalue weighted by molar-refractivity contribution is 14.1. The van der Waals surface area contributed by atoms with Crippen LogP contribution in [0.15, 0.2) is 0 Å². The largest absolute Gasteiger partial charge is 0.303 e. The fraction of sp³-hybridized carbons (Fsp3) is 1.00. The fourth-order valence-corrected chi connectivity index (χ4v) is 4.43. The van der Waals surface area contributed by atoms with Crippen molar-refractivity contribution in [3.63, 3.8) is 0 Å². The number of hydrogen-bond acceptors (Lipinski definition) is 4. The van der Waals surface area contributed by atoms with Gasteiger partial charge in [-0.3, -0.25) is 0 Å². The molecule has 2 saturated heterocycles. The lowest BCUT2D eigenvalue weighted by Crippen LogP contribution is -2.27. The molecule has 0 bridgehead atoms. The Labute approximate surface area is 112 Å². The van der Waals surface area contributed by atoms with Gasteiger partial charge in [0.05, 0.1) is 5.75 Å². The zero-order valence-electron chi connectivity index (χ0n) is 9.60. The molecule has 0 aromatic heterocycles. The molecule has 0 amide bonds. The van der Waals surface area contributed by atoms with E-state index in [2.05, 4.69) is 30.9 Å². The molecule has 0 aliphatic carbocycles. The van der Waals surface area contributed by atoms with Crippen LogP contribution in [0.2, 0.25) is 0 Å². The highest BCUT2D eigenvalue weighted by Gasteiger charge is 2.38. The van der Waals surface area contributed by atoms with Crippen LogP contribution >= 0.6 is 22.9 Å². The average Bonchev–Trinajstić information content (AvgIpc) is 2.58. The molecule has 0 N–H and O–H groups in total. The minimum absolute atomic E-state index is 0.331. The SMILES string of the molecule is CS(=O)(=O)CCCN1C[C@H]2CN(I)C[C@H]2C1. The first-order valence-corrected chi connectivity index (χ1v) is 8.77. The first kappa shape index (κ1) is 13.0.